The second-order valence-electron chi connectivity index (χ2n) is 11.2. The first kappa shape index (κ1) is 36.7. The molecule has 0 atom stereocenters. The molecule has 0 spiro atoms. The van der Waals surface area contributed by atoms with Crippen LogP contribution in [0, 0.1) is 5.41 Å². The molecule has 2 aliphatic rings. The molecule has 242 valence electrons. The van der Waals surface area contributed by atoms with Gasteiger partial charge in [-0.1, -0.05) is 63.8 Å². The monoisotopic (exact) mass is 657 g/mol. The van der Waals surface area contributed by atoms with Gasteiger partial charge in [-0.15, -0.1) is 0 Å². The molecule has 0 saturated heterocycles. The van der Waals surface area contributed by atoms with E-state index >= 15 is 0 Å². The lowest BCUT2D eigenvalue weighted by molar-refractivity contribution is -0.890. The van der Waals surface area contributed by atoms with E-state index in [4.69, 9.17) is 5.41 Å². The predicted molar refractivity (Wildman–Crippen MR) is 157 cm³/mol. The number of rotatable bonds is 12. The van der Waals surface area contributed by atoms with Crippen LogP contribution in [0.5, 0.6) is 0 Å². The molecule has 43 heavy (non-hydrogen) atoms. The maximum atomic E-state index is 13.0. The van der Waals surface area contributed by atoms with Gasteiger partial charge in [0.15, 0.2) is 0 Å². The van der Waals surface area contributed by atoms with Crippen molar-refractivity contribution in [3.63, 3.8) is 0 Å². The van der Waals surface area contributed by atoms with Gasteiger partial charge in [0.05, 0.1) is 37.8 Å². The Morgan fingerprint density at radius 2 is 1.19 bits per heavy atom. The molecule has 0 amide bonds. The maximum Gasteiger partial charge on any atom is 0.502 e. The molecular weight excluding hydrogens is 618 g/mol. The zero-order chi connectivity index (χ0) is 32.9. The first-order chi connectivity index (χ1) is 19.7. The highest BCUT2D eigenvalue weighted by atomic mass is 32.2. The van der Waals surface area contributed by atoms with Crippen LogP contribution in [0.4, 0.5) is 26.3 Å². The number of unbranched alkanes of at least 4 members (excludes halogenated alkanes) is 6. The number of nitrogens with zero attached hydrogens (tertiary/aromatic N) is 1. The molecule has 1 N–H and O–H groups in total. The fourth-order valence-corrected chi connectivity index (χ4v) is 7.26. The van der Waals surface area contributed by atoms with Crippen LogP contribution in [0.2, 0.25) is 0 Å². The summed E-state index contributed by atoms with van der Waals surface area (Å²) in [6.07, 6.45) is 12.5. The number of alkyl halides is 6. The highest BCUT2D eigenvalue weighted by Gasteiger charge is 2.57. The number of nitrogens with one attached hydrogen (secondary N) is 1. The molecule has 2 aliphatic carbocycles. The van der Waals surface area contributed by atoms with Crippen molar-refractivity contribution >= 4 is 37.0 Å². The third-order valence-corrected chi connectivity index (χ3v) is 10.4. The van der Waals surface area contributed by atoms with Crippen LogP contribution in [-0.4, -0.2) is 65.2 Å². The molecule has 0 bridgehead atoms. The van der Waals surface area contributed by atoms with Gasteiger partial charge >= 0.3 is 11.0 Å². The Morgan fingerprint density at radius 3 is 1.65 bits per heavy atom. The molecule has 0 aliphatic heterocycles. The molecule has 0 unspecified atom stereocenters. The number of hydrogen-bond acceptors (Lipinski definition) is 5. The lowest BCUT2D eigenvalue weighted by Gasteiger charge is -2.30. The van der Waals surface area contributed by atoms with Gasteiger partial charge in [0.2, 0.25) is 0 Å². The molecule has 0 heterocycles. The zero-order valence-electron chi connectivity index (χ0n) is 24.7. The summed E-state index contributed by atoms with van der Waals surface area (Å²) >= 11 is 0. The Labute approximate surface area is 250 Å². The molecule has 0 radical (unpaired) electrons. The van der Waals surface area contributed by atoms with E-state index in [0.29, 0.717) is 0 Å². The Morgan fingerprint density at radius 1 is 0.698 bits per heavy atom. The van der Waals surface area contributed by atoms with Crippen LogP contribution < -0.4 is 0 Å². The molecule has 14 heteroatoms. The van der Waals surface area contributed by atoms with E-state index in [2.05, 4.69) is 27.9 Å². The zero-order valence-corrected chi connectivity index (χ0v) is 26.3. The SMILES string of the molecule is CCCCCC[N+](C)(C)CCCCCC.N=C1C2=Cc3ccccc3C2=CC(S(=O)(=O)C(F)(F)F)=C1S(=O)(=O)C(F)(F)F. The summed E-state index contributed by atoms with van der Waals surface area (Å²) in [6.45, 7) is 7.30. The Bertz CT molecular complexity index is 1470. The molecule has 3 rings (SSSR count). The fraction of sp³-hybridized carbons (Fsp3) is 0.552. The summed E-state index contributed by atoms with van der Waals surface area (Å²) in [5.74, 6) is 0. The van der Waals surface area contributed by atoms with Crippen LogP contribution in [0.1, 0.15) is 76.3 Å². The van der Waals surface area contributed by atoms with Gasteiger partial charge in [-0.3, -0.25) is 5.41 Å². The van der Waals surface area contributed by atoms with E-state index in [0.717, 1.165) is 6.08 Å². The Balaban J connectivity index is 0.000000367. The van der Waals surface area contributed by atoms with E-state index in [1.807, 2.05) is 0 Å². The summed E-state index contributed by atoms with van der Waals surface area (Å²) in [5.41, 5.74) is -13.9. The topological polar surface area (TPSA) is 92.1 Å². The normalized spacial score (nSPS) is 15.8. The third kappa shape index (κ3) is 8.59. The van der Waals surface area contributed by atoms with Gasteiger partial charge in [0, 0.05) is 5.57 Å². The van der Waals surface area contributed by atoms with Gasteiger partial charge < -0.3 is 4.48 Å². The van der Waals surface area contributed by atoms with E-state index in [1.165, 1.54) is 93.2 Å². The van der Waals surface area contributed by atoms with E-state index in [1.54, 1.807) is 0 Å². The second kappa shape index (κ2) is 14.1. The van der Waals surface area contributed by atoms with Gasteiger partial charge in [-0.2, -0.15) is 26.3 Å². The van der Waals surface area contributed by atoms with E-state index in [-0.39, 0.29) is 22.8 Å². The van der Waals surface area contributed by atoms with Crippen LogP contribution in [0.15, 0.2) is 45.7 Å². The highest BCUT2D eigenvalue weighted by Crippen LogP contribution is 2.47. The Hall–Kier alpha value is -2.45. The summed E-state index contributed by atoms with van der Waals surface area (Å²) in [6, 6.07) is 5.69. The molecule has 0 fully saturated rings. The van der Waals surface area contributed by atoms with Gasteiger partial charge in [-0.05, 0) is 54.5 Å². The number of sulfone groups is 2. The average molecular weight is 658 g/mol. The minimum absolute atomic E-state index is 0.153. The van der Waals surface area contributed by atoms with Crippen molar-refractivity contribution in [3.8, 4) is 0 Å². The van der Waals surface area contributed by atoms with Crippen LogP contribution >= 0.6 is 0 Å². The lowest BCUT2D eigenvalue weighted by atomic mass is 9.95. The van der Waals surface area contributed by atoms with Gasteiger partial charge in [0.25, 0.3) is 19.7 Å². The van der Waals surface area contributed by atoms with Crippen LogP contribution in [-0.2, 0) is 19.7 Å². The molecule has 0 aromatic heterocycles. The Kier molecular flexibility index (Phi) is 12.1. The summed E-state index contributed by atoms with van der Waals surface area (Å²) in [4.78, 5) is -4.38. The maximum absolute atomic E-state index is 13.0. The lowest BCUT2D eigenvalue weighted by Crippen LogP contribution is -2.41. The number of allylic oxidation sites excluding steroid dienone is 4. The minimum Gasteiger partial charge on any atom is -0.328 e. The van der Waals surface area contributed by atoms with Crippen molar-refractivity contribution in [2.24, 2.45) is 0 Å². The largest absolute Gasteiger partial charge is 0.502 e. The van der Waals surface area contributed by atoms with Crippen molar-refractivity contribution in [2.45, 2.75) is 76.2 Å². The molecule has 0 saturated carbocycles. The number of fused-ring (bicyclic) bond motifs is 3. The summed E-state index contributed by atoms with van der Waals surface area (Å²) in [5, 5.41) is 7.82. The van der Waals surface area contributed by atoms with E-state index in [9.17, 15) is 43.2 Å². The van der Waals surface area contributed by atoms with Crippen molar-refractivity contribution < 1.29 is 47.7 Å². The fourth-order valence-electron chi connectivity index (χ4n) is 4.80. The van der Waals surface area contributed by atoms with Crippen molar-refractivity contribution in [2.75, 3.05) is 27.2 Å². The third-order valence-electron chi connectivity index (χ3n) is 7.24. The number of quaternary nitrogens is 1. The second-order valence-corrected chi connectivity index (χ2v) is 15.0. The molecule has 6 nitrogen and oxygen atoms in total. The molecule has 1 aromatic carbocycles. The standard InChI is InChI=1S/C15H7F6NO4S2.C14H32N/c16-14(17,18)27(23,24)11-6-9-8-4-2-1-3-7(8)5-10(9)12(22)13(11)28(25,26)15(19,20)21;1-5-7-9-11-13-15(3,4)14-12-10-8-6-2/h1-6,22H;5-14H2,1-4H3/q;+1. The van der Waals surface area contributed by atoms with E-state index < -0.39 is 51.8 Å². The van der Waals surface area contributed by atoms with Gasteiger partial charge in [-0.25, -0.2) is 16.8 Å². The first-order valence-corrected chi connectivity index (χ1v) is 17.0. The highest BCUT2D eigenvalue weighted by molar-refractivity contribution is 8.00. The summed E-state index contributed by atoms with van der Waals surface area (Å²) in [7, 11) is -8.31. The van der Waals surface area contributed by atoms with Crippen LogP contribution in [0.25, 0.3) is 11.6 Å². The molecular formula is C29H39F6N2O4S2+. The van der Waals surface area contributed by atoms with Crippen molar-refractivity contribution in [3.05, 3.63) is 56.9 Å². The van der Waals surface area contributed by atoms with Crippen molar-refractivity contribution in [1.82, 2.24) is 0 Å². The van der Waals surface area contributed by atoms with Crippen LogP contribution in [0.3, 0.4) is 0 Å². The van der Waals surface area contributed by atoms with Gasteiger partial charge in [0.1, 0.15) is 4.91 Å². The number of halogens is 6. The number of hydrogen-bond donors (Lipinski definition) is 1. The quantitative estimate of drug-likeness (QED) is 0.141. The van der Waals surface area contributed by atoms with Crippen molar-refractivity contribution in [1.29, 1.82) is 5.41 Å². The molecule has 1 aromatic rings. The predicted octanol–water partition coefficient (Wildman–Crippen LogP) is 7.80. The summed E-state index contributed by atoms with van der Waals surface area (Å²) < 4.78 is 127. The smallest absolute Gasteiger partial charge is 0.328 e. The average Bonchev–Trinajstić information content (AvgIpc) is 3.27. The number of benzene rings is 1. The minimum atomic E-state index is -6.58. The first-order valence-electron chi connectivity index (χ1n) is 14.0.